The van der Waals surface area contributed by atoms with Crippen molar-refractivity contribution in [1.82, 2.24) is 5.32 Å². The standard InChI is InChI=1S/C19H17N3O3S/c23-18(21-15-8-4-9-16(12-15)22(24)25)13-20-19(17-10-5-11-26-17)14-6-2-1-3-7-14/h1-12,19-20H,13H2,(H,21,23)/t19-/m0/s1. The second-order valence-electron chi connectivity index (χ2n) is 5.60. The number of nitro benzene ring substituents is 1. The number of nitro groups is 1. The van der Waals surface area contributed by atoms with Crippen molar-refractivity contribution in [2.24, 2.45) is 0 Å². The lowest BCUT2D eigenvalue weighted by atomic mass is 10.1. The maximum Gasteiger partial charge on any atom is 0.271 e. The number of amides is 1. The summed E-state index contributed by atoms with van der Waals surface area (Å²) in [6.07, 6.45) is 0. The lowest BCUT2D eigenvalue weighted by Gasteiger charge is -2.18. The van der Waals surface area contributed by atoms with Gasteiger partial charge in [-0.25, -0.2) is 0 Å². The van der Waals surface area contributed by atoms with E-state index in [9.17, 15) is 14.9 Å². The van der Waals surface area contributed by atoms with Crippen LogP contribution in [0.5, 0.6) is 0 Å². The van der Waals surface area contributed by atoms with Gasteiger partial charge in [-0.05, 0) is 23.1 Å². The van der Waals surface area contributed by atoms with Crippen LogP contribution < -0.4 is 10.6 Å². The molecule has 0 radical (unpaired) electrons. The quantitative estimate of drug-likeness (QED) is 0.489. The number of carbonyl (C=O) groups is 1. The topological polar surface area (TPSA) is 84.3 Å². The second-order valence-corrected chi connectivity index (χ2v) is 6.57. The van der Waals surface area contributed by atoms with Crippen LogP contribution in [-0.4, -0.2) is 17.4 Å². The molecule has 0 unspecified atom stereocenters. The van der Waals surface area contributed by atoms with Crippen LogP contribution in [-0.2, 0) is 4.79 Å². The Morgan fingerprint density at radius 1 is 1.08 bits per heavy atom. The number of hydrogen-bond acceptors (Lipinski definition) is 5. The summed E-state index contributed by atoms with van der Waals surface area (Å²) in [6.45, 7) is 0.0835. The fourth-order valence-corrected chi connectivity index (χ4v) is 3.41. The third kappa shape index (κ3) is 4.53. The van der Waals surface area contributed by atoms with Gasteiger partial charge in [-0.3, -0.25) is 20.2 Å². The van der Waals surface area contributed by atoms with Gasteiger partial charge in [-0.2, -0.15) is 0 Å². The van der Waals surface area contributed by atoms with Crippen molar-refractivity contribution in [3.63, 3.8) is 0 Å². The van der Waals surface area contributed by atoms with Crippen LogP contribution in [0, 0.1) is 10.1 Å². The largest absolute Gasteiger partial charge is 0.325 e. The highest BCUT2D eigenvalue weighted by Gasteiger charge is 2.16. The van der Waals surface area contributed by atoms with E-state index in [2.05, 4.69) is 10.6 Å². The number of rotatable bonds is 7. The van der Waals surface area contributed by atoms with E-state index in [0.717, 1.165) is 10.4 Å². The van der Waals surface area contributed by atoms with Crippen LogP contribution in [0.1, 0.15) is 16.5 Å². The van der Waals surface area contributed by atoms with Crippen molar-refractivity contribution in [3.8, 4) is 0 Å². The summed E-state index contributed by atoms with van der Waals surface area (Å²) in [4.78, 5) is 23.7. The Kier molecular flexibility index (Phi) is 5.73. The number of thiophene rings is 1. The fourth-order valence-electron chi connectivity index (χ4n) is 2.58. The van der Waals surface area contributed by atoms with E-state index >= 15 is 0 Å². The molecule has 6 nitrogen and oxygen atoms in total. The Labute approximate surface area is 154 Å². The molecule has 132 valence electrons. The Hall–Kier alpha value is -3.03. The minimum atomic E-state index is -0.490. The summed E-state index contributed by atoms with van der Waals surface area (Å²) in [5.74, 6) is -0.261. The van der Waals surface area contributed by atoms with Crippen molar-refractivity contribution in [2.75, 3.05) is 11.9 Å². The van der Waals surface area contributed by atoms with Gasteiger partial charge in [-0.1, -0.05) is 42.5 Å². The second kappa shape index (κ2) is 8.37. The predicted octanol–water partition coefficient (Wildman–Crippen LogP) is 3.97. The van der Waals surface area contributed by atoms with E-state index in [-0.39, 0.29) is 24.2 Å². The van der Waals surface area contributed by atoms with Crippen LogP contribution in [0.15, 0.2) is 72.1 Å². The highest BCUT2D eigenvalue weighted by molar-refractivity contribution is 7.10. The number of non-ortho nitro benzene ring substituents is 1. The lowest BCUT2D eigenvalue weighted by Crippen LogP contribution is -2.31. The first-order valence-electron chi connectivity index (χ1n) is 7.99. The molecule has 2 N–H and O–H groups in total. The molecule has 0 aliphatic heterocycles. The molecule has 1 atom stereocenters. The van der Waals surface area contributed by atoms with Crippen LogP contribution in [0.4, 0.5) is 11.4 Å². The van der Waals surface area contributed by atoms with E-state index in [0.29, 0.717) is 5.69 Å². The minimum Gasteiger partial charge on any atom is -0.325 e. The van der Waals surface area contributed by atoms with E-state index < -0.39 is 4.92 Å². The van der Waals surface area contributed by atoms with Crippen molar-refractivity contribution >= 4 is 28.6 Å². The zero-order chi connectivity index (χ0) is 18.4. The maximum atomic E-state index is 12.3. The molecule has 2 aromatic carbocycles. The smallest absolute Gasteiger partial charge is 0.271 e. The number of anilines is 1. The molecule has 0 spiro atoms. The molecule has 0 fully saturated rings. The number of hydrogen-bond donors (Lipinski definition) is 2. The Morgan fingerprint density at radius 2 is 1.88 bits per heavy atom. The molecule has 3 rings (SSSR count). The SMILES string of the molecule is O=C(CN[C@@H](c1ccccc1)c1cccs1)Nc1cccc([N+](=O)[O-])c1. The molecule has 0 saturated carbocycles. The van der Waals surface area contributed by atoms with Gasteiger partial charge in [0.05, 0.1) is 17.5 Å². The highest BCUT2D eigenvalue weighted by atomic mass is 32.1. The van der Waals surface area contributed by atoms with Crippen LogP contribution in [0.25, 0.3) is 0 Å². The van der Waals surface area contributed by atoms with E-state index in [1.54, 1.807) is 23.5 Å². The van der Waals surface area contributed by atoms with E-state index in [1.165, 1.54) is 12.1 Å². The van der Waals surface area contributed by atoms with Gasteiger partial charge in [0.15, 0.2) is 0 Å². The molecule has 1 amide bonds. The number of carbonyl (C=O) groups excluding carboxylic acids is 1. The van der Waals surface area contributed by atoms with Crippen LogP contribution in [0.3, 0.4) is 0 Å². The van der Waals surface area contributed by atoms with Crippen molar-refractivity contribution in [3.05, 3.63) is 92.7 Å². The zero-order valence-electron chi connectivity index (χ0n) is 13.8. The molecule has 1 aromatic heterocycles. The molecule has 7 heteroatoms. The third-order valence-corrected chi connectivity index (χ3v) is 4.71. The summed E-state index contributed by atoms with van der Waals surface area (Å²) in [6, 6.07) is 19.7. The normalized spacial score (nSPS) is 11.7. The van der Waals surface area contributed by atoms with E-state index in [1.807, 2.05) is 47.8 Å². The summed E-state index contributed by atoms with van der Waals surface area (Å²) < 4.78 is 0. The first-order valence-corrected chi connectivity index (χ1v) is 8.87. The number of benzene rings is 2. The average molecular weight is 367 g/mol. The van der Waals surface area contributed by atoms with Crippen LogP contribution >= 0.6 is 11.3 Å². The highest BCUT2D eigenvalue weighted by Crippen LogP contribution is 2.25. The maximum absolute atomic E-state index is 12.3. The zero-order valence-corrected chi connectivity index (χ0v) is 14.6. The molecular formula is C19H17N3O3S. The third-order valence-electron chi connectivity index (χ3n) is 3.77. The van der Waals surface area contributed by atoms with Crippen molar-refractivity contribution in [2.45, 2.75) is 6.04 Å². The summed E-state index contributed by atoms with van der Waals surface area (Å²) in [5.41, 5.74) is 1.41. The molecular weight excluding hydrogens is 350 g/mol. The molecule has 0 saturated heterocycles. The van der Waals surface area contributed by atoms with Gasteiger partial charge >= 0.3 is 0 Å². The number of nitrogens with zero attached hydrogens (tertiary/aromatic N) is 1. The first kappa shape index (κ1) is 17.8. The Morgan fingerprint density at radius 3 is 2.58 bits per heavy atom. The molecule has 0 bridgehead atoms. The molecule has 3 aromatic rings. The molecule has 1 heterocycles. The van der Waals surface area contributed by atoms with Gasteiger partial charge in [0.25, 0.3) is 5.69 Å². The average Bonchev–Trinajstić information content (AvgIpc) is 3.17. The Balaban J connectivity index is 1.67. The van der Waals surface area contributed by atoms with Crippen molar-refractivity contribution < 1.29 is 9.72 Å². The fraction of sp³-hybridized carbons (Fsp3) is 0.105. The number of nitrogens with one attached hydrogen (secondary N) is 2. The van der Waals surface area contributed by atoms with E-state index in [4.69, 9.17) is 0 Å². The van der Waals surface area contributed by atoms with Crippen LogP contribution in [0.2, 0.25) is 0 Å². The molecule has 0 aliphatic carbocycles. The van der Waals surface area contributed by atoms with Gasteiger partial charge in [0.1, 0.15) is 0 Å². The van der Waals surface area contributed by atoms with Gasteiger partial charge < -0.3 is 5.32 Å². The summed E-state index contributed by atoms with van der Waals surface area (Å²) in [7, 11) is 0. The minimum absolute atomic E-state index is 0.0588. The van der Waals surface area contributed by atoms with Gasteiger partial charge in [0.2, 0.25) is 5.91 Å². The monoisotopic (exact) mass is 367 g/mol. The molecule has 26 heavy (non-hydrogen) atoms. The summed E-state index contributed by atoms with van der Waals surface area (Å²) >= 11 is 1.62. The predicted molar refractivity (Wildman–Crippen MR) is 102 cm³/mol. The first-order chi connectivity index (χ1) is 12.6. The summed E-state index contributed by atoms with van der Waals surface area (Å²) in [5, 5.41) is 18.8. The lowest BCUT2D eigenvalue weighted by molar-refractivity contribution is -0.384. The van der Waals surface area contributed by atoms with Crippen molar-refractivity contribution in [1.29, 1.82) is 0 Å². The molecule has 0 aliphatic rings. The van der Waals surface area contributed by atoms with Gasteiger partial charge in [-0.15, -0.1) is 11.3 Å². The van der Waals surface area contributed by atoms with Gasteiger partial charge in [0, 0.05) is 22.7 Å². The Bertz CT molecular complexity index is 882.